The number of carboxylic acid groups (broad SMARTS) is 2. The molecule has 12 heteroatoms. The minimum Gasteiger partial charge on any atom is -0.481 e. The molecule has 0 bridgehead atoms. The van der Waals surface area contributed by atoms with Crippen molar-refractivity contribution in [2.45, 2.75) is 38.1 Å². The van der Waals surface area contributed by atoms with Crippen molar-refractivity contribution in [2.24, 2.45) is 0 Å². The summed E-state index contributed by atoms with van der Waals surface area (Å²) in [6, 6.07) is -1.00. The molecule has 28 heavy (non-hydrogen) atoms. The second kappa shape index (κ2) is 12.1. The number of aliphatic carboxylic acids is 2. The van der Waals surface area contributed by atoms with Crippen molar-refractivity contribution in [1.29, 1.82) is 0 Å². The number of carboxylic acids is 2. The van der Waals surface area contributed by atoms with Crippen molar-refractivity contribution in [1.82, 2.24) is 26.1 Å². The zero-order valence-electron chi connectivity index (χ0n) is 15.0. The van der Waals surface area contributed by atoms with Crippen LogP contribution in [0.15, 0.2) is 12.3 Å². The maximum Gasteiger partial charge on any atom is 0.326 e. The van der Waals surface area contributed by atoms with Gasteiger partial charge < -0.3 is 26.2 Å². The van der Waals surface area contributed by atoms with Gasteiger partial charge in [0.15, 0.2) is 5.69 Å². The number of carbonyl (C=O) groups is 4. The van der Waals surface area contributed by atoms with E-state index >= 15 is 0 Å². The normalized spacial score (nSPS) is 11.3. The van der Waals surface area contributed by atoms with Crippen LogP contribution in [0.1, 0.15) is 42.6 Å². The van der Waals surface area contributed by atoms with Gasteiger partial charge in [0.05, 0.1) is 6.20 Å². The fourth-order valence-corrected chi connectivity index (χ4v) is 2.11. The van der Waals surface area contributed by atoms with Crippen molar-refractivity contribution in [2.75, 3.05) is 13.1 Å². The van der Waals surface area contributed by atoms with Gasteiger partial charge in [-0.1, -0.05) is 0 Å². The Bertz CT molecular complexity index is 702. The molecule has 1 heterocycles. The number of hydrogen-bond donors (Lipinski definition) is 5. The topological polar surface area (TPSA) is 171 Å². The summed E-state index contributed by atoms with van der Waals surface area (Å²) >= 11 is 0. The monoisotopic (exact) mass is 398 g/mol. The molecule has 0 saturated heterocycles. The number of rotatable bonds is 12. The highest BCUT2D eigenvalue weighted by molar-refractivity contribution is 5.91. The maximum atomic E-state index is 12.9. The van der Waals surface area contributed by atoms with Gasteiger partial charge in [0, 0.05) is 25.6 Å². The zero-order chi connectivity index (χ0) is 20.9. The SMILES string of the molecule is O=C(O)CC[C@H](NC(=O)NCCCCCNC(=O)c1cc([18F])cnn1)C(=O)O. The average molecular weight is 398 g/mol. The predicted octanol–water partition coefficient (Wildman–Crippen LogP) is 0.133. The van der Waals surface area contributed by atoms with Gasteiger partial charge in [-0.3, -0.25) is 9.59 Å². The van der Waals surface area contributed by atoms with Crippen LogP contribution in [0.5, 0.6) is 0 Å². The largest absolute Gasteiger partial charge is 0.481 e. The van der Waals surface area contributed by atoms with Gasteiger partial charge in [0.2, 0.25) is 0 Å². The molecule has 0 unspecified atom stereocenters. The Kier molecular flexibility index (Phi) is 9.86. The summed E-state index contributed by atoms with van der Waals surface area (Å²) in [4.78, 5) is 44.8. The molecular formula is C16H22FN5O6. The maximum absolute atomic E-state index is 12.9. The molecule has 0 aromatic carbocycles. The average Bonchev–Trinajstić information content (AvgIpc) is 2.63. The summed E-state index contributed by atoms with van der Waals surface area (Å²) in [7, 11) is 0. The molecule has 0 radical (unpaired) electrons. The summed E-state index contributed by atoms with van der Waals surface area (Å²) in [6.07, 6.45) is 2.16. The van der Waals surface area contributed by atoms with E-state index in [-0.39, 0.29) is 25.1 Å². The van der Waals surface area contributed by atoms with E-state index in [0.29, 0.717) is 25.8 Å². The number of nitrogens with zero attached hydrogens (tertiary/aromatic N) is 2. The second-order valence-electron chi connectivity index (χ2n) is 5.80. The Hall–Kier alpha value is -3.31. The molecule has 11 nitrogen and oxygen atoms in total. The van der Waals surface area contributed by atoms with Crippen LogP contribution in [-0.4, -0.2) is 63.4 Å². The van der Waals surface area contributed by atoms with Crippen LogP contribution in [-0.2, 0) is 9.59 Å². The lowest BCUT2D eigenvalue weighted by Gasteiger charge is -2.14. The Morgan fingerprint density at radius 3 is 2.36 bits per heavy atom. The lowest BCUT2D eigenvalue weighted by molar-refractivity contribution is -0.140. The molecule has 0 fully saturated rings. The number of halogens is 1. The quantitative estimate of drug-likeness (QED) is 0.309. The summed E-state index contributed by atoms with van der Waals surface area (Å²) in [6.45, 7) is 0.611. The molecule has 1 aromatic rings. The Morgan fingerprint density at radius 1 is 1.07 bits per heavy atom. The van der Waals surface area contributed by atoms with E-state index in [4.69, 9.17) is 10.2 Å². The first-order valence-corrected chi connectivity index (χ1v) is 8.55. The minimum absolute atomic E-state index is 0.116. The summed E-state index contributed by atoms with van der Waals surface area (Å²) in [5.74, 6) is -3.65. The second-order valence-corrected chi connectivity index (χ2v) is 5.80. The summed E-state index contributed by atoms with van der Waals surface area (Å²) < 4.78 is 12.9. The third-order valence-corrected chi connectivity index (χ3v) is 3.53. The lowest BCUT2D eigenvalue weighted by atomic mass is 10.1. The van der Waals surface area contributed by atoms with E-state index in [1.807, 2.05) is 0 Å². The molecule has 154 valence electrons. The van der Waals surface area contributed by atoms with E-state index in [1.165, 1.54) is 0 Å². The first-order chi connectivity index (χ1) is 13.3. The van der Waals surface area contributed by atoms with Crippen molar-refractivity contribution in [3.63, 3.8) is 0 Å². The van der Waals surface area contributed by atoms with Crippen LogP contribution in [0.4, 0.5) is 9.18 Å². The van der Waals surface area contributed by atoms with Crippen LogP contribution in [0.25, 0.3) is 0 Å². The van der Waals surface area contributed by atoms with Gasteiger partial charge in [-0.2, -0.15) is 5.10 Å². The molecule has 1 rings (SSSR count). The molecule has 5 N–H and O–H groups in total. The van der Waals surface area contributed by atoms with Crippen molar-refractivity contribution < 1.29 is 33.8 Å². The first-order valence-electron chi connectivity index (χ1n) is 8.55. The van der Waals surface area contributed by atoms with Crippen molar-refractivity contribution in [3.05, 3.63) is 23.8 Å². The minimum atomic E-state index is -1.31. The van der Waals surface area contributed by atoms with Gasteiger partial charge in [-0.15, -0.1) is 5.10 Å². The number of carbonyl (C=O) groups excluding carboxylic acids is 2. The zero-order valence-corrected chi connectivity index (χ0v) is 15.0. The molecule has 0 aliphatic heterocycles. The highest BCUT2D eigenvalue weighted by atomic mass is 18.2. The number of hydrogen-bond acceptors (Lipinski definition) is 6. The van der Waals surface area contributed by atoms with Gasteiger partial charge in [0.1, 0.15) is 11.9 Å². The van der Waals surface area contributed by atoms with E-state index in [0.717, 1.165) is 12.3 Å². The Labute approximate surface area is 159 Å². The highest BCUT2D eigenvalue weighted by Gasteiger charge is 2.20. The lowest BCUT2D eigenvalue weighted by Crippen LogP contribution is -2.46. The molecule has 0 saturated carbocycles. The van der Waals surface area contributed by atoms with Crippen molar-refractivity contribution in [3.8, 4) is 0 Å². The summed E-state index contributed by atoms with van der Waals surface area (Å²) in [5, 5.41) is 31.6. The molecule has 1 aromatic heterocycles. The fraction of sp³-hybridized carbons (Fsp3) is 0.500. The molecule has 0 aliphatic rings. The van der Waals surface area contributed by atoms with Gasteiger partial charge in [-0.25, -0.2) is 14.0 Å². The van der Waals surface area contributed by atoms with Crippen LogP contribution < -0.4 is 16.0 Å². The van der Waals surface area contributed by atoms with Crippen LogP contribution in [0, 0.1) is 5.82 Å². The van der Waals surface area contributed by atoms with Gasteiger partial charge >= 0.3 is 18.0 Å². The van der Waals surface area contributed by atoms with Crippen LogP contribution >= 0.6 is 0 Å². The highest BCUT2D eigenvalue weighted by Crippen LogP contribution is 1.99. The van der Waals surface area contributed by atoms with Gasteiger partial charge in [0.25, 0.3) is 5.91 Å². The smallest absolute Gasteiger partial charge is 0.326 e. The number of aromatic nitrogens is 2. The Balaban J connectivity index is 2.14. The van der Waals surface area contributed by atoms with Crippen LogP contribution in [0.2, 0.25) is 0 Å². The fourth-order valence-electron chi connectivity index (χ4n) is 2.11. The first kappa shape index (κ1) is 22.7. The van der Waals surface area contributed by atoms with E-state index in [9.17, 15) is 23.6 Å². The number of amides is 3. The van der Waals surface area contributed by atoms with Gasteiger partial charge in [-0.05, 0) is 25.7 Å². The molecule has 1 atom stereocenters. The molecule has 0 spiro atoms. The van der Waals surface area contributed by atoms with Crippen LogP contribution in [0.3, 0.4) is 0 Å². The molecule has 0 aliphatic carbocycles. The number of urea groups is 1. The number of nitrogens with one attached hydrogen (secondary N) is 3. The van der Waals surface area contributed by atoms with E-state index in [2.05, 4.69) is 26.1 Å². The number of unbranched alkanes of at least 4 members (excludes halogenated alkanes) is 2. The third kappa shape index (κ3) is 9.40. The standard InChI is InChI=1S/C16H22FN5O6/c17-10-8-12(22-20-9-10)14(25)18-6-2-1-3-7-19-16(28)21-11(15(26)27)4-5-13(23)24/h8-9,11H,1-7H2,(H,18,25)(H,23,24)(H,26,27)(H2,19,21,28)/t11-/m0/s1/i17-1. The summed E-state index contributed by atoms with van der Waals surface area (Å²) in [5.41, 5.74) is -0.116. The molecular weight excluding hydrogens is 376 g/mol. The third-order valence-electron chi connectivity index (χ3n) is 3.53. The Morgan fingerprint density at radius 2 is 1.75 bits per heavy atom. The van der Waals surface area contributed by atoms with E-state index in [1.54, 1.807) is 0 Å². The predicted molar refractivity (Wildman–Crippen MR) is 93.0 cm³/mol. The molecule has 3 amide bonds. The van der Waals surface area contributed by atoms with Crippen molar-refractivity contribution >= 4 is 23.9 Å². The van der Waals surface area contributed by atoms with E-state index < -0.39 is 35.7 Å².